The molecule has 0 aliphatic heterocycles. The molecule has 0 aromatic heterocycles. The van der Waals surface area contributed by atoms with Crippen LogP contribution in [0, 0.1) is 35.5 Å². The molecular formula is C100H196N8O23. The molecule has 0 aliphatic carbocycles. The van der Waals surface area contributed by atoms with Gasteiger partial charge in [0.25, 0.3) is 0 Å². The molecule has 7 atom stereocenters. The number of aldehydes is 1. The average molecular weight is 1880 g/mol. The Morgan fingerprint density at radius 2 is 0.580 bits per heavy atom. The normalized spacial score (nSPS) is 12.8. The molecular weight excluding hydrogens is 1680 g/mol. The van der Waals surface area contributed by atoms with Crippen LogP contribution >= 0.6 is 0 Å². The lowest BCUT2D eigenvalue weighted by atomic mass is 9.95. The summed E-state index contributed by atoms with van der Waals surface area (Å²) in [4.78, 5) is 135. The summed E-state index contributed by atoms with van der Waals surface area (Å²) in [6, 6.07) is 1.19. The van der Waals surface area contributed by atoms with Gasteiger partial charge in [0.1, 0.15) is 12.1 Å². The van der Waals surface area contributed by atoms with Crippen LogP contribution in [0.25, 0.3) is 0 Å². The van der Waals surface area contributed by atoms with Gasteiger partial charge in [-0.2, -0.15) is 0 Å². The van der Waals surface area contributed by atoms with E-state index in [1.807, 2.05) is 27.7 Å². The topological polar surface area (TPSA) is 456 Å². The molecule has 774 valence electrons. The minimum absolute atomic E-state index is 0. The monoisotopic (exact) mass is 1880 g/mol. The zero-order chi connectivity index (χ0) is 96.6. The van der Waals surface area contributed by atoms with Crippen molar-refractivity contribution in [2.75, 3.05) is 131 Å². The van der Waals surface area contributed by atoms with Crippen molar-refractivity contribution in [2.24, 2.45) is 47.0 Å². The maximum Gasteiger partial charge on any atom is 0.309 e. The second kappa shape index (κ2) is 97.2. The second-order valence-electron chi connectivity index (χ2n) is 35.7. The number of hydrogen-bond donors (Lipinski definition) is 11. The van der Waals surface area contributed by atoms with E-state index >= 15 is 0 Å². The number of carbonyl (C=O) groups excluding carboxylic acids is 11. The fourth-order valence-corrected chi connectivity index (χ4v) is 14.0. The Kier molecular flexibility index (Phi) is 99.2. The van der Waals surface area contributed by atoms with Crippen LogP contribution in [0.1, 0.15) is 374 Å². The first kappa shape index (κ1) is 134. The molecule has 7 unspecified atom stereocenters. The molecule has 31 nitrogen and oxygen atoms in total. The van der Waals surface area contributed by atoms with Crippen molar-refractivity contribution >= 4 is 65.8 Å². The van der Waals surface area contributed by atoms with E-state index in [9.17, 15) is 63.0 Å². The Labute approximate surface area is 793 Å². The van der Waals surface area contributed by atoms with Crippen LogP contribution in [0.15, 0.2) is 0 Å². The van der Waals surface area contributed by atoms with Crippen LogP contribution in [0.3, 0.4) is 0 Å². The molecule has 0 spiro atoms. The fourth-order valence-electron chi connectivity index (χ4n) is 14.0. The van der Waals surface area contributed by atoms with Gasteiger partial charge in [-0.1, -0.05) is 93.9 Å². The summed E-state index contributed by atoms with van der Waals surface area (Å²) in [6.45, 7) is 33.5. The Morgan fingerprint density at radius 1 is 0.298 bits per heavy atom. The quantitative estimate of drug-likeness (QED) is 0.0117. The highest BCUT2D eigenvalue weighted by Gasteiger charge is 2.27. The number of esters is 9. The third-order valence-corrected chi connectivity index (χ3v) is 21.3. The summed E-state index contributed by atoms with van der Waals surface area (Å²) in [7, 11) is 0. The van der Waals surface area contributed by atoms with Crippen molar-refractivity contribution in [1.82, 2.24) is 31.9 Å². The molecule has 0 heterocycles. The highest BCUT2D eigenvalue weighted by molar-refractivity contribution is 5.83. The van der Waals surface area contributed by atoms with E-state index in [0.29, 0.717) is 173 Å². The Balaban J connectivity index is -0.00000104. The zero-order valence-electron chi connectivity index (χ0n) is 82.7. The Hall–Kier alpha value is -5.87. The van der Waals surface area contributed by atoms with Gasteiger partial charge in [0.05, 0.1) is 93.5 Å². The number of nitrogens with two attached hydrogens (primary N) is 2. The first-order chi connectivity index (χ1) is 62.0. The first-order valence-electron chi connectivity index (χ1n) is 50.1. The van der Waals surface area contributed by atoms with Crippen LogP contribution in [0.5, 0.6) is 0 Å². The molecule has 0 bridgehead atoms. The van der Waals surface area contributed by atoms with Crippen LogP contribution in [0.2, 0.25) is 0 Å². The number of ether oxygens (including phenoxy) is 9. The highest BCUT2D eigenvalue weighted by Crippen LogP contribution is 2.22. The summed E-state index contributed by atoms with van der Waals surface area (Å²) >= 11 is 0. The van der Waals surface area contributed by atoms with Crippen molar-refractivity contribution in [2.45, 2.75) is 410 Å². The minimum Gasteiger partial charge on any atom is -0.466 e. The van der Waals surface area contributed by atoms with Gasteiger partial charge >= 0.3 is 53.7 Å². The Bertz CT molecular complexity index is 2710. The summed E-state index contributed by atoms with van der Waals surface area (Å²) in [6.07, 6.45) is 30.8. The predicted octanol–water partition coefficient (Wildman–Crippen LogP) is 14.2. The van der Waals surface area contributed by atoms with E-state index in [-0.39, 0.29) is 202 Å². The number of ketones is 1. The maximum absolute atomic E-state index is 13.0. The molecule has 0 saturated carbocycles. The van der Waals surface area contributed by atoms with Crippen molar-refractivity contribution in [1.29, 1.82) is 0 Å². The second-order valence-corrected chi connectivity index (χ2v) is 35.7. The smallest absolute Gasteiger partial charge is 0.309 e. The third kappa shape index (κ3) is 91.7. The minimum atomic E-state index is -0.550. The zero-order valence-corrected chi connectivity index (χ0v) is 82.7. The lowest BCUT2D eigenvalue weighted by Crippen LogP contribution is -2.32. The van der Waals surface area contributed by atoms with Crippen molar-refractivity contribution in [3.63, 3.8) is 0 Å². The largest absolute Gasteiger partial charge is 0.466 e. The van der Waals surface area contributed by atoms with Crippen LogP contribution < -0.4 is 43.4 Å². The van der Waals surface area contributed by atoms with Gasteiger partial charge in [-0.3, -0.25) is 43.2 Å². The predicted molar refractivity (Wildman–Crippen MR) is 521 cm³/mol. The van der Waals surface area contributed by atoms with Gasteiger partial charge in [-0.05, 0) is 320 Å². The van der Waals surface area contributed by atoms with Crippen molar-refractivity contribution in [3.05, 3.63) is 0 Å². The molecule has 0 fully saturated rings. The van der Waals surface area contributed by atoms with Gasteiger partial charge in [0.2, 0.25) is 0 Å². The molecule has 0 rings (SSSR count). The van der Waals surface area contributed by atoms with Gasteiger partial charge in [-0.15, -0.1) is 0 Å². The first-order valence-corrected chi connectivity index (χ1v) is 50.1. The molecule has 31 heteroatoms. The SMILES string of the molecule is C.C.CC(=O)CC(CCCO)C(=O)OCCCCC(=O)OCCCC(CC=O)C(=O)OC(C)C.CC(C)NCCCCCCNCCC(CCCO)C(=O)OCCCCC(=O)OCCCC(CCNCCCCCCNCCC(CCCOC(=O)CCCCOC(=O)C(CCCO)CC(C)NCCCCCCNC(C)C)C(=O)OC(C)C)C(=O)OC(C)C.NCCCCCCN. The third-order valence-electron chi connectivity index (χ3n) is 21.3. The van der Waals surface area contributed by atoms with Crippen LogP contribution in [-0.4, -0.2) is 249 Å². The van der Waals surface area contributed by atoms with E-state index in [1.165, 1.54) is 58.3 Å². The molecule has 131 heavy (non-hydrogen) atoms. The summed E-state index contributed by atoms with van der Waals surface area (Å²) in [5.74, 6) is -5.21. The maximum atomic E-state index is 13.0. The number of aliphatic hydroxyl groups is 3. The van der Waals surface area contributed by atoms with E-state index in [1.54, 1.807) is 13.8 Å². The van der Waals surface area contributed by atoms with Gasteiger partial charge in [0.15, 0.2) is 0 Å². The molecule has 13 N–H and O–H groups in total. The number of Topliss-reactive ketones (excluding diaryl/α,β-unsaturated/α-hetero) is 1. The molecule has 0 radical (unpaired) electrons. The number of rotatable bonds is 89. The average Bonchev–Trinajstić information content (AvgIpc) is 1.03. The van der Waals surface area contributed by atoms with Crippen LogP contribution in [0.4, 0.5) is 0 Å². The standard InChI is InChI=1S/C69H134N6O14.C23H38O9.C6H16N2.2CH4/c1-55(2)73-42-21-13-12-20-41-70-45-36-60(30-26-48-76)66(80)86-50-24-16-34-64(78)84-52-28-32-61(68(82)88-57(5)6)37-46-71-39-18-10-11-19-40-72-47-38-62(69(83)89-58(7)8)33-29-53-85-65(79)35-17-25-51-87-67(81)63(31-27-49-77)54-59(9)75-44-23-15-14-22-43-74-56(3)4;1-17(2)32-23(29)19(11-13-25)9-7-15-30-21(27)10-4-5-14-31-22(28)20(8-6-12-24)16-18(3)26;7-5-3-1-2-4-6-8;;/h55-63,70-77H,10-54H2,1-9H3;13,17,19-20,24H,4-12,14-16H2,1-3H3;1-8H2;2*1H4. The number of carbonyl (C=O) groups is 11. The summed E-state index contributed by atoms with van der Waals surface area (Å²) < 4.78 is 48.7. The summed E-state index contributed by atoms with van der Waals surface area (Å²) in [5, 5.41) is 48.5. The number of unbranched alkanes of at least 4 members (excludes halogenated alkanes) is 15. The Morgan fingerprint density at radius 3 is 0.908 bits per heavy atom. The van der Waals surface area contributed by atoms with E-state index in [0.717, 1.165) is 110 Å². The van der Waals surface area contributed by atoms with Crippen molar-refractivity contribution < 1.29 is 111 Å². The number of hydrogen-bond acceptors (Lipinski definition) is 31. The summed E-state index contributed by atoms with van der Waals surface area (Å²) in [5.41, 5.74) is 10.6. The molecule has 0 aromatic rings. The molecule has 0 aliphatic rings. The van der Waals surface area contributed by atoms with Gasteiger partial charge in [-0.25, -0.2) is 0 Å². The van der Waals surface area contributed by atoms with Gasteiger partial charge < -0.3 is 111 Å². The van der Waals surface area contributed by atoms with Crippen LogP contribution in [-0.2, 0) is 95.4 Å². The number of aliphatic hydroxyl groups excluding tert-OH is 3. The highest BCUT2D eigenvalue weighted by atomic mass is 16.6. The van der Waals surface area contributed by atoms with E-state index in [4.69, 9.17) is 59.2 Å². The van der Waals surface area contributed by atoms with Crippen molar-refractivity contribution in [3.8, 4) is 0 Å². The lowest BCUT2D eigenvalue weighted by molar-refractivity contribution is -0.154. The fraction of sp³-hybridized carbons (Fsp3) is 0.890. The van der Waals surface area contributed by atoms with E-state index < -0.39 is 23.8 Å². The lowest BCUT2D eigenvalue weighted by Gasteiger charge is -2.21. The molecule has 0 saturated heterocycles. The van der Waals surface area contributed by atoms with E-state index in [2.05, 4.69) is 66.5 Å². The number of nitrogens with one attached hydrogen (secondary N) is 6. The molecule has 0 aromatic carbocycles. The molecule has 0 amide bonds. The van der Waals surface area contributed by atoms with Gasteiger partial charge in [0, 0.05) is 70.1 Å².